The first-order valence-electron chi connectivity index (χ1n) is 43.3. The Balaban J connectivity index is 0.0000000919. The molecule has 0 atom stereocenters. The second-order valence-corrected chi connectivity index (χ2v) is 38.4. The molecular formula is C114H57N9O2S4. The Bertz CT molecular complexity index is 10800. The van der Waals surface area contributed by atoms with E-state index in [1.54, 1.807) is 0 Å². The van der Waals surface area contributed by atoms with Gasteiger partial charge in [-0.05, 0) is 185 Å². The summed E-state index contributed by atoms with van der Waals surface area (Å²) in [5.74, 6) is 0. The average molecular weight is 1710 g/mol. The number of nitrogens with zero attached hydrogens (tertiary/aromatic N) is 9. The molecule has 0 aliphatic rings. The van der Waals surface area contributed by atoms with Crippen LogP contribution in [0.4, 0.5) is 0 Å². The monoisotopic (exact) mass is 1710 g/mol. The lowest BCUT2D eigenvalue weighted by molar-refractivity contribution is 0.668. The molecule has 0 bridgehead atoms. The van der Waals surface area contributed by atoms with Crippen LogP contribution >= 0.6 is 45.3 Å². The minimum atomic E-state index is 0.909. The van der Waals surface area contributed by atoms with E-state index in [2.05, 4.69) is 286 Å². The molecule has 129 heavy (non-hydrogen) atoms. The number of furan rings is 2. The van der Waals surface area contributed by atoms with E-state index in [1.165, 1.54) is 163 Å². The van der Waals surface area contributed by atoms with E-state index in [4.69, 9.17) is 38.7 Å². The summed E-state index contributed by atoms with van der Waals surface area (Å²) in [6, 6.07) is 124. The third-order valence-electron chi connectivity index (χ3n) is 27.3. The molecule has 0 spiro atoms. The van der Waals surface area contributed by atoms with Crippen molar-refractivity contribution >= 4 is 318 Å². The number of thiophene rings is 4. The highest BCUT2D eigenvalue weighted by molar-refractivity contribution is 7.27. The lowest BCUT2D eigenvalue weighted by atomic mass is 9.98. The van der Waals surface area contributed by atoms with Gasteiger partial charge in [0.2, 0.25) is 0 Å². The van der Waals surface area contributed by atoms with Gasteiger partial charge in [0.05, 0.1) is 66.2 Å². The molecule has 15 heterocycles. The summed E-state index contributed by atoms with van der Waals surface area (Å²) in [5, 5.41) is 26.2. The van der Waals surface area contributed by atoms with Crippen molar-refractivity contribution < 1.29 is 8.83 Å². The third-order valence-corrected chi connectivity index (χ3v) is 31.9. The lowest BCUT2D eigenvalue weighted by Crippen LogP contribution is -1.89. The van der Waals surface area contributed by atoms with E-state index in [-0.39, 0.29) is 0 Å². The highest BCUT2D eigenvalue weighted by Crippen LogP contribution is 2.54. The predicted octanol–water partition coefficient (Wildman–Crippen LogP) is 32.6. The molecule has 0 unspecified atom stereocenters. The summed E-state index contributed by atoms with van der Waals surface area (Å²) in [4.78, 5) is 31.1. The second-order valence-electron chi connectivity index (χ2n) is 34.1. The lowest BCUT2D eigenvalue weighted by Gasteiger charge is -2.06. The van der Waals surface area contributed by atoms with Crippen LogP contribution in [-0.2, 0) is 0 Å². The number of aromatic nitrogens is 9. The van der Waals surface area contributed by atoms with Gasteiger partial charge in [0.25, 0.3) is 0 Å². The molecule has 0 radical (unpaired) electrons. The summed E-state index contributed by atoms with van der Waals surface area (Å²) in [6.07, 6.45) is 0. The zero-order valence-electron chi connectivity index (χ0n) is 67.9. The van der Waals surface area contributed by atoms with Crippen molar-refractivity contribution in [1.82, 2.24) is 43.1 Å². The van der Waals surface area contributed by atoms with Crippen molar-refractivity contribution in [1.29, 1.82) is 0 Å². The molecule has 33 rings (SSSR count). The molecule has 18 aromatic carbocycles. The molecule has 0 fully saturated rings. The molecule has 0 amide bonds. The van der Waals surface area contributed by atoms with Crippen molar-refractivity contribution in [2.75, 3.05) is 0 Å². The van der Waals surface area contributed by atoms with Gasteiger partial charge < -0.3 is 8.83 Å². The molecule has 15 heteroatoms. The first-order valence-corrected chi connectivity index (χ1v) is 46.5. The zero-order valence-corrected chi connectivity index (χ0v) is 71.1. The summed E-state index contributed by atoms with van der Waals surface area (Å²) < 4.78 is 29.9. The number of rotatable bonds is 3. The first-order chi connectivity index (χ1) is 63.9. The molecule has 594 valence electrons. The topological polar surface area (TPSA) is 117 Å². The largest absolute Gasteiger partial charge is 0.456 e. The van der Waals surface area contributed by atoms with Crippen LogP contribution in [0.2, 0.25) is 0 Å². The van der Waals surface area contributed by atoms with Crippen LogP contribution in [0.1, 0.15) is 0 Å². The van der Waals surface area contributed by atoms with Crippen molar-refractivity contribution in [3.63, 3.8) is 0 Å². The average Bonchev–Trinajstić information content (AvgIpc) is 1.53. The Morgan fingerprint density at radius 1 is 0.194 bits per heavy atom. The highest BCUT2D eigenvalue weighted by atomic mass is 32.1. The van der Waals surface area contributed by atoms with Gasteiger partial charge in [-0.3, -0.25) is 13.2 Å². The molecule has 0 saturated heterocycles. The van der Waals surface area contributed by atoms with E-state index in [1.807, 2.05) is 118 Å². The molecule has 11 nitrogen and oxygen atoms in total. The molecule has 0 N–H and O–H groups in total. The van der Waals surface area contributed by atoms with Crippen LogP contribution in [0.3, 0.4) is 0 Å². The third kappa shape index (κ3) is 9.46. The maximum absolute atomic E-state index is 6.25. The standard InChI is InChI=1S/2C38H19N3OS.C38H19N3S2/c1-5-11-30-22(7-1)23-15-13-21(18-31(23)42-30)20-14-16-29-25(17-20)35-34-24-8-2-6-12-32(24)43-33(34)19-26-36-38(41(29)37(26)35)40-28-10-4-3-9-27(28)39-36;1-5-11-30-22(7-1)24-17-21(14-16-31(24)42-30)20-13-15-29-25(18-20)35-34-23-8-2-6-12-32(23)43-33(34)19-26-36-38(41(29)37(26)35)40-28-10-4-3-9-27(28)39-36;1-5-14-30-22(8-1)23-11-7-10-21(37(23)43-30)20-16-17-29-25(18-20)34-33-24-9-2-6-15-31(24)42-32(33)19-26-35-38(41(29)36(26)34)40-28-13-4-3-12-27(28)39-35/h3*1-19H. The molecule has 33 aromatic rings. The summed E-state index contributed by atoms with van der Waals surface area (Å²) >= 11 is 7.46. The Labute approximate surface area is 743 Å². The van der Waals surface area contributed by atoms with E-state index >= 15 is 0 Å². The highest BCUT2D eigenvalue weighted by Gasteiger charge is 2.30. The van der Waals surface area contributed by atoms with Gasteiger partial charge in [-0.25, -0.2) is 29.9 Å². The normalized spacial score (nSPS) is 12.7. The minimum absolute atomic E-state index is 0.909. The molecular weight excluding hydrogens is 1660 g/mol. The van der Waals surface area contributed by atoms with Crippen LogP contribution in [0, 0.1) is 0 Å². The van der Waals surface area contributed by atoms with Crippen LogP contribution in [-0.4, -0.2) is 43.1 Å². The maximum Gasteiger partial charge on any atom is 0.165 e. The van der Waals surface area contributed by atoms with Gasteiger partial charge >= 0.3 is 0 Å². The summed E-state index contributed by atoms with van der Waals surface area (Å²) in [7, 11) is 0. The quantitative estimate of drug-likeness (QED) is 0.172. The molecule has 15 aromatic heterocycles. The van der Waals surface area contributed by atoms with Crippen LogP contribution < -0.4 is 0 Å². The van der Waals surface area contributed by atoms with Crippen molar-refractivity contribution in [3.8, 4) is 33.4 Å². The molecule has 0 aliphatic heterocycles. The fraction of sp³-hybridized carbons (Fsp3) is 0. The molecule has 0 saturated carbocycles. The van der Waals surface area contributed by atoms with Gasteiger partial charge in [0.15, 0.2) is 16.9 Å². The van der Waals surface area contributed by atoms with E-state index < -0.39 is 0 Å². The fourth-order valence-electron chi connectivity index (χ4n) is 21.8. The number of hydrogen-bond acceptors (Lipinski definition) is 12. The number of benzene rings is 18. The van der Waals surface area contributed by atoms with E-state index in [0.29, 0.717) is 0 Å². The van der Waals surface area contributed by atoms with E-state index in [9.17, 15) is 0 Å². The van der Waals surface area contributed by atoms with Gasteiger partial charge in [-0.1, -0.05) is 194 Å². The smallest absolute Gasteiger partial charge is 0.165 e. The fourth-order valence-corrected chi connectivity index (χ4v) is 26.5. The SMILES string of the molecule is c1ccc2nc3c(nc2c1)c1cc2sc4ccccc4c2c2c4cc(-c5ccc6c(c5)oc5ccccc56)ccc4n3c12.c1ccc2nc3c(nc2c1)c1cc2sc4ccccc4c2c2c4cc(-c5ccc6oc7ccccc7c6c5)ccc4n3c12.c1ccc2nc3c(nc2c1)c1cc2sc4ccccc4c2c2c4cc(-c5cccc6c5sc5ccccc56)ccc4n3c12. The van der Waals surface area contributed by atoms with Gasteiger partial charge in [-0.15, -0.1) is 45.3 Å². The van der Waals surface area contributed by atoms with Crippen LogP contribution in [0.5, 0.6) is 0 Å². The van der Waals surface area contributed by atoms with Gasteiger partial charge in [0, 0.05) is 151 Å². The first kappa shape index (κ1) is 69.2. The minimum Gasteiger partial charge on any atom is -0.456 e. The second kappa shape index (κ2) is 25.4. The van der Waals surface area contributed by atoms with Crippen molar-refractivity contribution in [3.05, 3.63) is 346 Å². The maximum atomic E-state index is 6.25. The van der Waals surface area contributed by atoms with Gasteiger partial charge in [0.1, 0.15) is 38.9 Å². The van der Waals surface area contributed by atoms with Gasteiger partial charge in [-0.2, -0.15) is 0 Å². The van der Waals surface area contributed by atoms with Crippen LogP contribution in [0.15, 0.2) is 355 Å². The van der Waals surface area contributed by atoms with Crippen molar-refractivity contribution in [2.45, 2.75) is 0 Å². The Kier molecular flexibility index (Phi) is 13.6. The Hall–Kier alpha value is -16.1. The summed E-state index contributed by atoms with van der Waals surface area (Å²) in [6.45, 7) is 0. The predicted molar refractivity (Wildman–Crippen MR) is 545 cm³/mol. The summed E-state index contributed by atoms with van der Waals surface area (Å²) in [5.41, 5.74) is 29.1. The number of fused-ring (bicyclic) bond motifs is 42. The number of hydrogen-bond donors (Lipinski definition) is 0. The Morgan fingerprint density at radius 3 is 0.984 bits per heavy atom. The number of para-hydroxylation sites is 8. The van der Waals surface area contributed by atoms with E-state index in [0.717, 1.165) is 143 Å². The van der Waals surface area contributed by atoms with Crippen molar-refractivity contribution in [2.24, 2.45) is 0 Å². The zero-order chi connectivity index (χ0) is 83.4. The Morgan fingerprint density at radius 2 is 0.519 bits per heavy atom. The molecule has 0 aliphatic carbocycles. The van der Waals surface area contributed by atoms with Crippen LogP contribution in [0.25, 0.3) is 306 Å².